The summed E-state index contributed by atoms with van der Waals surface area (Å²) in [6.07, 6.45) is 0. The third-order valence-electron chi connectivity index (χ3n) is 4.13. The number of hydrogen-bond acceptors (Lipinski definition) is 5. The summed E-state index contributed by atoms with van der Waals surface area (Å²) >= 11 is 1.50. The standard InChI is InChI=1S/C23H16FNO4S.C2H6/c1-29-23(26)19-8-13-22(30-15-17-5-11-21(12-6-17)25(27)28)18(14-19)7-2-16-3-9-20(24)10-4-16;1-2/h3-6,8-14H,15H2,1H3;1-2H3. The van der Waals surface area contributed by atoms with E-state index < -0.39 is 10.9 Å². The first-order valence-electron chi connectivity index (χ1n) is 9.82. The molecule has 0 saturated carbocycles. The molecule has 0 aromatic heterocycles. The summed E-state index contributed by atoms with van der Waals surface area (Å²) in [7, 11) is 1.31. The van der Waals surface area contributed by atoms with Gasteiger partial charge in [0.15, 0.2) is 0 Å². The number of ether oxygens (including phenoxy) is 1. The largest absolute Gasteiger partial charge is 0.465 e. The number of thioether (sulfide) groups is 1. The van der Waals surface area contributed by atoms with Crippen molar-refractivity contribution in [2.75, 3.05) is 7.11 Å². The van der Waals surface area contributed by atoms with Crippen LogP contribution in [-0.2, 0) is 10.5 Å². The normalized spacial score (nSPS) is 9.62. The van der Waals surface area contributed by atoms with Crippen LogP contribution in [-0.4, -0.2) is 18.0 Å². The van der Waals surface area contributed by atoms with Crippen LogP contribution in [0.2, 0.25) is 0 Å². The van der Waals surface area contributed by atoms with Crippen molar-refractivity contribution in [1.29, 1.82) is 0 Å². The maximum absolute atomic E-state index is 13.1. The van der Waals surface area contributed by atoms with Crippen LogP contribution in [0.15, 0.2) is 71.6 Å². The molecule has 0 spiro atoms. The van der Waals surface area contributed by atoms with Crippen molar-refractivity contribution < 1.29 is 18.8 Å². The molecule has 3 rings (SSSR count). The molecule has 0 saturated heterocycles. The molecule has 0 atom stereocenters. The van der Waals surface area contributed by atoms with Gasteiger partial charge in [0.25, 0.3) is 5.69 Å². The Morgan fingerprint density at radius 1 is 1.03 bits per heavy atom. The van der Waals surface area contributed by atoms with Gasteiger partial charge in [-0.15, -0.1) is 11.8 Å². The predicted molar refractivity (Wildman–Crippen MR) is 124 cm³/mol. The van der Waals surface area contributed by atoms with Crippen LogP contribution in [0.4, 0.5) is 10.1 Å². The lowest BCUT2D eigenvalue weighted by Gasteiger charge is -2.07. The van der Waals surface area contributed by atoms with Crippen LogP contribution in [0.1, 0.15) is 40.9 Å². The van der Waals surface area contributed by atoms with Gasteiger partial charge in [-0.3, -0.25) is 10.1 Å². The highest BCUT2D eigenvalue weighted by Crippen LogP contribution is 2.28. The van der Waals surface area contributed by atoms with E-state index in [0.717, 1.165) is 10.5 Å². The maximum Gasteiger partial charge on any atom is 0.337 e. The number of nitro benzene ring substituents is 1. The third kappa shape index (κ3) is 6.96. The number of carbonyl (C=O) groups excluding carboxylic acids is 1. The molecule has 164 valence electrons. The molecule has 0 bridgehead atoms. The smallest absolute Gasteiger partial charge is 0.337 e. The van der Waals surface area contributed by atoms with E-state index in [4.69, 9.17) is 4.74 Å². The van der Waals surface area contributed by atoms with Gasteiger partial charge in [0.1, 0.15) is 5.82 Å². The third-order valence-corrected chi connectivity index (χ3v) is 5.27. The highest BCUT2D eigenvalue weighted by Gasteiger charge is 2.10. The molecule has 0 aliphatic rings. The van der Waals surface area contributed by atoms with E-state index in [2.05, 4.69) is 11.8 Å². The number of nitro groups is 1. The zero-order valence-electron chi connectivity index (χ0n) is 17.9. The second-order valence-corrected chi connectivity index (χ2v) is 7.19. The van der Waals surface area contributed by atoms with Gasteiger partial charge in [-0.2, -0.15) is 0 Å². The molecule has 0 aliphatic heterocycles. The lowest BCUT2D eigenvalue weighted by Crippen LogP contribution is -2.01. The lowest BCUT2D eigenvalue weighted by molar-refractivity contribution is -0.384. The van der Waals surface area contributed by atoms with Crippen molar-refractivity contribution in [2.24, 2.45) is 0 Å². The van der Waals surface area contributed by atoms with Crippen molar-refractivity contribution >= 4 is 23.4 Å². The Bertz CT molecular complexity index is 1130. The highest BCUT2D eigenvalue weighted by atomic mass is 32.2. The monoisotopic (exact) mass is 451 g/mol. The molecule has 5 nitrogen and oxygen atoms in total. The van der Waals surface area contributed by atoms with Gasteiger partial charge in [-0.25, -0.2) is 9.18 Å². The quantitative estimate of drug-likeness (QED) is 0.151. The zero-order valence-corrected chi connectivity index (χ0v) is 18.7. The Labute approximate surface area is 190 Å². The van der Waals surface area contributed by atoms with Crippen LogP contribution < -0.4 is 0 Å². The minimum absolute atomic E-state index is 0.0389. The molecule has 32 heavy (non-hydrogen) atoms. The summed E-state index contributed by atoms with van der Waals surface area (Å²) in [5, 5.41) is 10.8. The Morgan fingerprint density at radius 2 is 1.69 bits per heavy atom. The van der Waals surface area contributed by atoms with Gasteiger partial charge >= 0.3 is 5.97 Å². The Kier molecular flexibility index (Phi) is 9.45. The first kappa shape index (κ1) is 24.6. The van der Waals surface area contributed by atoms with Crippen molar-refractivity contribution in [3.63, 3.8) is 0 Å². The van der Waals surface area contributed by atoms with Gasteiger partial charge in [0, 0.05) is 33.9 Å². The number of benzene rings is 3. The number of hydrogen-bond donors (Lipinski definition) is 0. The molecule has 0 fully saturated rings. The van der Waals surface area contributed by atoms with Gasteiger partial charge in [-0.1, -0.05) is 37.8 Å². The van der Waals surface area contributed by atoms with Gasteiger partial charge in [-0.05, 0) is 48.0 Å². The fraction of sp³-hybridized carbons (Fsp3) is 0.160. The van der Waals surface area contributed by atoms with Crippen LogP contribution in [0.25, 0.3) is 0 Å². The summed E-state index contributed by atoms with van der Waals surface area (Å²) in [4.78, 5) is 23.1. The highest BCUT2D eigenvalue weighted by molar-refractivity contribution is 7.98. The fourth-order valence-electron chi connectivity index (χ4n) is 2.55. The average Bonchev–Trinajstić information content (AvgIpc) is 2.83. The van der Waals surface area contributed by atoms with Crippen molar-refractivity contribution in [1.82, 2.24) is 0 Å². The molecular formula is C25H22FNO4S. The fourth-order valence-corrected chi connectivity index (χ4v) is 3.49. The van der Waals surface area contributed by atoms with E-state index >= 15 is 0 Å². The summed E-state index contributed by atoms with van der Waals surface area (Å²) < 4.78 is 17.9. The number of halogens is 1. The minimum atomic E-state index is -0.466. The first-order chi connectivity index (χ1) is 15.5. The molecule has 0 heterocycles. The summed E-state index contributed by atoms with van der Waals surface area (Å²) in [6, 6.07) is 17.3. The second-order valence-electron chi connectivity index (χ2n) is 6.17. The SMILES string of the molecule is CC.COC(=O)c1ccc(SCc2ccc([N+](=O)[O-])cc2)c(C#Cc2ccc(F)cc2)c1. The zero-order chi connectivity index (χ0) is 23.5. The molecule has 0 amide bonds. The van der Waals surface area contributed by atoms with E-state index in [1.165, 1.54) is 43.1 Å². The van der Waals surface area contributed by atoms with Gasteiger partial charge < -0.3 is 4.74 Å². The maximum atomic E-state index is 13.1. The average molecular weight is 452 g/mol. The Hall–Kier alpha value is -3.63. The van der Waals surface area contributed by atoms with Crippen LogP contribution in [0, 0.1) is 27.8 Å². The van der Waals surface area contributed by atoms with Gasteiger partial charge in [0.05, 0.1) is 17.6 Å². The molecule has 3 aromatic carbocycles. The Morgan fingerprint density at radius 3 is 2.28 bits per heavy atom. The predicted octanol–water partition coefficient (Wildman–Crippen LogP) is 6.24. The van der Waals surface area contributed by atoms with E-state index in [1.807, 2.05) is 13.8 Å². The number of nitrogens with zero attached hydrogens (tertiary/aromatic N) is 1. The summed E-state index contributed by atoms with van der Waals surface area (Å²) in [5.41, 5.74) is 2.61. The Balaban J connectivity index is 0.00000176. The molecule has 3 aromatic rings. The van der Waals surface area contributed by atoms with Crippen LogP contribution in [0.3, 0.4) is 0 Å². The summed E-state index contributed by atoms with van der Waals surface area (Å²) in [5.74, 6) is 5.78. The lowest BCUT2D eigenvalue weighted by atomic mass is 10.1. The number of non-ortho nitro benzene ring substituents is 1. The molecular weight excluding hydrogens is 429 g/mol. The van der Waals surface area contributed by atoms with E-state index in [0.29, 0.717) is 22.4 Å². The number of methoxy groups -OCH3 is 1. The molecule has 0 unspecified atom stereocenters. The molecule has 0 N–H and O–H groups in total. The molecule has 0 radical (unpaired) electrons. The minimum Gasteiger partial charge on any atom is -0.465 e. The topological polar surface area (TPSA) is 69.4 Å². The molecule has 7 heteroatoms. The summed E-state index contributed by atoms with van der Waals surface area (Å²) in [6.45, 7) is 4.00. The van der Waals surface area contributed by atoms with Crippen LogP contribution >= 0.6 is 11.8 Å². The van der Waals surface area contributed by atoms with E-state index in [1.54, 1.807) is 42.5 Å². The number of carbonyl (C=O) groups is 1. The number of esters is 1. The van der Waals surface area contributed by atoms with Gasteiger partial charge in [0.2, 0.25) is 0 Å². The van der Waals surface area contributed by atoms with E-state index in [9.17, 15) is 19.3 Å². The second kappa shape index (κ2) is 12.3. The molecule has 0 aliphatic carbocycles. The van der Waals surface area contributed by atoms with Crippen molar-refractivity contribution in [2.45, 2.75) is 24.5 Å². The first-order valence-corrected chi connectivity index (χ1v) is 10.8. The van der Waals surface area contributed by atoms with Crippen LogP contribution in [0.5, 0.6) is 0 Å². The van der Waals surface area contributed by atoms with Crippen molar-refractivity contribution in [3.8, 4) is 11.8 Å². The number of rotatable bonds is 5. The van der Waals surface area contributed by atoms with Crippen molar-refractivity contribution in [3.05, 3.63) is 105 Å². The van der Waals surface area contributed by atoms with E-state index in [-0.39, 0.29) is 11.5 Å².